The van der Waals surface area contributed by atoms with Crippen LogP contribution in [0, 0.1) is 0 Å². The third-order valence-corrected chi connectivity index (χ3v) is 2.61. The second-order valence-electron chi connectivity index (χ2n) is 3.05. The molecule has 0 aliphatic rings. The third-order valence-electron chi connectivity index (χ3n) is 2.15. The average molecular weight is 252 g/mol. The van der Waals surface area contributed by atoms with Crippen molar-refractivity contribution in [2.45, 2.75) is 0 Å². The molecule has 0 spiro atoms. The second-order valence-corrected chi connectivity index (χ2v) is 3.97. The fourth-order valence-corrected chi connectivity index (χ4v) is 2.05. The lowest BCUT2D eigenvalue weighted by Gasteiger charge is -2.08. The van der Waals surface area contributed by atoms with Crippen LogP contribution in [0.4, 0.5) is 5.69 Å². The molecule has 0 bridgehead atoms. The van der Waals surface area contributed by atoms with Gasteiger partial charge in [0.1, 0.15) is 5.75 Å². The molecule has 2 aromatic rings. The smallest absolute Gasteiger partial charge is 0.128 e. The molecule has 2 nitrogen and oxygen atoms in total. The number of ether oxygens (including phenoxy) is 1. The van der Waals surface area contributed by atoms with Gasteiger partial charge in [-0.1, -0.05) is 28.1 Å². The molecule has 0 fully saturated rings. The Morgan fingerprint density at radius 2 is 2.07 bits per heavy atom. The molecule has 2 N–H and O–H groups in total. The second kappa shape index (κ2) is 3.50. The van der Waals surface area contributed by atoms with Crippen LogP contribution >= 0.6 is 15.9 Å². The van der Waals surface area contributed by atoms with Crippen LogP contribution in [0.3, 0.4) is 0 Å². The minimum atomic E-state index is 0.729. The zero-order valence-corrected chi connectivity index (χ0v) is 9.34. The SMILES string of the molecule is COc1cccc2cc(Br)cc(N)c12. The lowest BCUT2D eigenvalue weighted by Crippen LogP contribution is -1.91. The highest BCUT2D eigenvalue weighted by atomic mass is 79.9. The van der Waals surface area contributed by atoms with Gasteiger partial charge in [-0.25, -0.2) is 0 Å². The summed E-state index contributed by atoms with van der Waals surface area (Å²) in [6, 6.07) is 9.78. The Morgan fingerprint density at radius 1 is 1.29 bits per heavy atom. The van der Waals surface area contributed by atoms with Crippen molar-refractivity contribution in [1.29, 1.82) is 0 Å². The van der Waals surface area contributed by atoms with E-state index in [-0.39, 0.29) is 0 Å². The minimum absolute atomic E-state index is 0.729. The predicted octanol–water partition coefficient (Wildman–Crippen LogP) is 3.19. The highest BCUT2D eigenvalue weighted by molar-refractivity contribution is 9.10. The summed E-state index contributed by atoms with van der Waals surface area (Å²) in [7, 11) is 1.65. The molecule has 0 saturated heterocycles. The minimum Gasteiger partial charge on any atom is -0.496 e. The van der Waals surface area contributed by atoms with Crippen LogP contribution in [0.2, 0.25) is 0 Å². The fraction of sp³-hybridized carbons (Fsp3) is 0.0909. The number of benzene rings is 2. The van der Waals surface area contributed by atoms with Crippen LogP contribution in [0.1, 0.15) is 0 Å². The molecule has 72 valence electrons. The van der Waals surface area contributed by atoms with Crippen molar-refractivity contribution in [1.82, 2.24) is 0 Å². The van der Waals surface area contributed by atoms with Crippen molar-refractivity contribution in [3.63, 3.8) is 0 Å². The third kappa shape index (κ3) is 1.44. The van der Waals surface area contributed by atoms with Crippen LogP contribution in [-0.2, 0) is 0 Å². The largest absolute Gasteiger partial charge is 0.496 e. The Kier molecular flexibility index (Phi) is 2.33. The van der Waals surface area contributed by atoms with Gasteiger partial charge in [-0.3, -0.25) is 0 Å². The number of rotatable bonds is 1. The van der Waals surface area contributed by atoms with Gasteiger partial charge in [-0.05, 0) is 23.6 Å². The number of fused-ring (bicyclic) bond motifs is 1. The molecule has 0 aromatic heterocycles. The van der Waals surface area contributed by atoms with Crippen molar-refractivity contribution in [2.75, 3.05) is 12.8 Å². The maximum atomic E-state index is 5.92. The number of nitrogen functional groups attached to an aromatic ring is 1. The van der Waals surface area contributed by atoms with E-state index in [9.17, 15) is 0 Å². The quantitative estimate of drug-likeness (QED) is 0.791. The van der Waals surface area contributed by atoms with Crippen LogP contribution in [0.5, 0.6) is 5.75 Å². The molecule has 0 heterocycles. The van der Waals surface area contributed by atoms with E-state index in [1.165, 1.54) is 0 Å². The maximum Gasteiger partial charge on any atom is 0.128 e. The van der Waals surface area contributed by atoms with Crippen LogP contribution in [0.15, 0.2) is 34.8 Å². The van der Waals surface area contributed by atoms with E-state index < -0.39 is 0 Å². The summed E-state index contributed by atoms with van der Waals surface area (Å²) in [5.41, 5.74) is 6.65. The maximum absolute atomic E-state index is 5.92. The van der Waals surface area contributed by atoms with E-state index in [0.717, 1.165) is 26.7 Å². The lowest BCUT2D eigenvalue weighted by atomic mass is 10.1. The lowest BCUT2D eigenvalue weighted by molar-refractivity contribution is 0.420. The van der Waals surface area contributed by atoms with Gasteiger partial charge < -0.3 is 10.5 Å². The van der Waals surface area contributed by atoms with Gasteiger partial charge in [0.05, 0.1) is 7.11 Å². The number of halogens is 1. The highest BCUT2D eigenvalue weighted by Gasteiger charge is 2.05. The normalized spacial score (nSPS) is 10.4. The molecule has 0 unspecified atom stereocenters. The Labute approximate surface area is 90.8 Å². The molecule has 2 aromatic carbocycles. The summed E-state index contributed by atoms with van der Waals surface area (Å²) in [5, 5.41) is 2.05. The Morgan fingerprint density at radius 3 is 2.79 bits per heavy atom. The van der Waals surface area contributed by atoms with Gasteiger partial charge >= 0.3 is 0 Å². The van der Waals surface area contributed by atoms with Gasteiger partial charge in [-0.2, -0.15) is 0 Å². The molecule has 0 atom stereocenters. The molecule has 0 aliphatic carbocycles. The van der Waals surface area contributed by atoms with Crippen LogP contribution < -0.4 is 10.5 Å². The molecule has 0 saturated carbocycles. The van der Waals surface area contributed by atoms with Gasteiger partial charge in [0.25, 0.3) is 0 Å². The molecule has 2 rings (SSSR count). The summed E-state index contributed by atoms with van der Waals surface area (Å²) in [6.07, 6.45) is 0. The Hall–Kier alpha value is -1.22. The van der Waals surface area contributed by atoms with Crippen LogP contribution in [0.25, 0.3) is 10.8 Å². The highest BCUT2D eigenvalue weighted by Crippen LogP contribution is 2.33. The zero-order valence-electron chi connectivity index (χ0n) is 7.75. The molecule has 0 aliphatic heterocycles. The number of nitrogens with two attached hydrogens (primary N) is 1. The Balaban J connectivity index is 2.87. The summed E-state index contributed by atoms with van der Waals surface area (Å²) >= 11 is 3.41. The average Bonchev–Trinajstić information content (AvgIpc) is 2.16. The number of anilines is 1. The molecule has 0 amide bonds. The molecule has 0 radical (unpaired) electrons. The van der Waals surface area contributed by atoms with Crippen molar-refractivity contribution < 1.29 is 4.74 Å². The number of hydrogen-bond donors (Lipinski definition) is 1. The van der Waals surface area contributed by atoms with Gasteiger partial charge in [0.2, 0.25) is 0 Å². The van der Waals surface area contributed by atoms with E-state index in [1.54, 1.807) is 7.11 Å². The van der Waals surface area contributed by atoms with Crippen molar-refractivity contribution in [3.05, 3.63) is 34.8 Å². The zero-order chi connectivity index (χ0) is 10.1. The summed E-state index contributed by atoms with van der Waals surface area (Å²) in [5.74, 6) is 0.812. The first-order chi connectivity index (χ1) is 6.72. The van der Waals surface area contributed by atoms with Crippen molar-refractivity contribution >= 4 is 32.4 Å². The van der Waals surface area contributed by atoms with E-state index >= 15 is 0 Å². The first kappa shape index (κ1) is 9.34. The van der Waals surface area contributed by atoms with E-state index in [1.807, 2.05) is 30.3 Å². The van der Waals surface area contributed by atoms with E-state index in [0.29, 0.717) is 0 Å². The van der Waals surface area contributed by atoms with Crippen molar-refractivity contribution in [3.8, 4) is 5.75 Å². The first-order valence-corrected chi connectivity index (χ1v) is 5.03. The summed E-state index contributed by atoms with van der Waals surface area (Å²) < 4.78 is 6.24. The van der Waals surface area contributed by atoms with E-state index in [2.05, 4.69) is 15.9 Å². The van der Waals surface area contributed by atoms with Crippen LogP contribution in [-0.4, -0.2) is 7.11 Å². The van der Waals surface area contributed by atoms with Crippen molar-refractivity contribution in [2.24, 2.45) is 0 Å². The Bertz CT molecular complexity index is 482. The fourth-order valence-electron chi connectivity index (χ4n) is 1.56. The topological polar surface area (TPSA) is 35.2 Å². The predicted molar refractivity (Wildman–Crippen MR) is 62.6 cm³/mol. The van der Waals surface area contributed by atoms with Gasteiger partial charge in [-0.15, -0.1) is 0 Å². The summed E-state index contributed by atoms with van der Waals surface area (Å²) in [6.45, 7) is 0. The van der Waals surface area contributed by atoms with E-state index in [4.69, 9.17) is 10.5 Å². The molecular formula is C11H10BrNO. The number of hydrogen-bond acceptors (Lipinski definition) is 2. The van der Waals surface area contributed by atoms with Gasteiger partial charge in [0.15, 0.2) is 0 Å². The molecule has 14 heavy (non-hydrogen) atoms. The first-order valence-electron chi connectivity index (χ1n) is 4.24. The monoisotopic (exact) mass is 251 g/mol. The standard InChI is InChI=1S/C11H10BrNO/c1-14-10-4-2-3-7-5-8(12)6-9(13)11(7)10/h2-6H,13H2,1H3. The molecule has 3 heteroatoms. The number of methoxy groups -OCH3 is 1. The molecular weight excluding hydrogens is 242 g/mol. The summed E-state index contributed by atoms with van der Waals surface area (Å²) in [4.78, 5) is 0. The van der Waals surface area contributed by atoms with Gasteiger partial charge in [0, 0.05) is 15.5 Å².